The molecule has 27 heavy (non-hydrogen) atoms. The van der Waals surface area contributed by atoms with E-state index in [2.05, 4.69) is 26.3 Å². The van der Waals surface area contributed by atoms with Crippen LogP contribution in [0.4, 0.5) is 5.13 Å². The van der Waals surface area contributed by atoms with Gasteiger partial charge in [0.1, 0.15) is 0 Å². The fourth-order valence-electron chi connectivity index (χ4n) is 3.27. The van der Waals surface area contributed by atoms with Gasteiger partial charge < -0.3 is 5.32 Å². The zero-order chi connectivity index (χ0) is 18.6. The third kappa shape index (κ3) is 4.48. The Kier molecular flexibility index (Phi) is 5.71. The number of piperidine rings is 1. The largest absolute Gasteiger partial charge is 0.301 e. The van der Waals surface area contributed by atoms with Crippen LogP contribution in [0, 0.1) is 0 Å². The second kappa shape index (κ2) is 8.37. The Hall–Kier alpha value is -1.96. The summed E-state index contributed by atoms with van der Waals surface area (Å²) in [5, 5.41) is 5.31. The maximum absolute atomic E-state index is 12.7. The molecule has 140 valence electrons. The lowest BCUT2D eigenvalue weighted by Crippen LogP contribution is -2.46. The zero-order valence-electron chi connectivity index (χ0n) is 15.2. The van der Waals surface area contributed by atoms with E-state index in [9.17, 15) is 4.79 Å². The molecule has 0 aliphatic carbocycles. The lowest BCUT2D eigenvalue weighted by Gasteiger charge is -2.34. The number of aromatic nitrogens is 2. The van der Waals surface area contributed by atoms with E-state index in [0.717, 1.165) is 41.2 Å². The van der Waals surface area contributed by atoms with Crippen molar-refractivity contribution in [2.45, 2.75) is 36.1 Å². The predicted molar refractivity (Wildman–Crippen MR) is 112 cm³/mol. The van der Waals surface area contributed by atoms with Crippen molar-refractivity contribution < 1.29 is 4.79 Å². The van der Waals surface area contributed by atoms with Crippen LogP contribution in [0.3, 0.4) is 0 Å². The van der Waals surface area contributed by atoms with Gasteiger partial charge in [-0.1, -0.05) is 29.5 Å². The number of carbonyl (C=O) groups excluding carboxylic acids is 1. The molecule has 0 saturated carbocycles. The first-order chi connectivity index (χ1) is 13.2. The average molecular weight is 399 g/mol. The van der Waals surface area contributed by atoms with E-state index in [-0.39, 0.29) is 11.9 Å². The SMILES string of the molecule is CC(C(=O)Nc1nc2ccccc2s1)N1CCC(Sc2ccccn2)CC1. The number of hydrogen-bond acceptors (Lipinski definition) is 6. The number of thioether (sulfide) groups is 1. The number of anilines is 1. The molecule has 1 aliphatic rings. The number of nitrogens with zero attached hydrogens (tertiary/aromatic N) is 3. The highest BCUT2D eigenvalue weighted by Crippen LogP contribution is 2.30. The molecule has 0 bridgehead atoms. The minimum Gasteiger partial charge on any atom is -0.301 e. The summed E-state index contributed by atoms with van der Waals surface area (Å²) in [5.41, 5.74) is 0.929. The van der Waals surface area contributed by atoms with Gasteiger partial charge >= 0.3 is 0 Å². The molecular weight excluding hydrogens is 376 g/mol. The molecule has 1 saturated heterocycles. The number of likely N-dealkylation sites (tertiary alicyclic amines) is 1. The van der Waals surface area contributed by atoms with Crippen LogP contribution in [-0.2, 0) is 4.79 Å². The van der Waals surface area contributed by atoms with Crippen LogP contribution in [0.15, 0.2) is 53.7 Å². The van der Waals surface area contributed by atoms with Crippen LogP contribution >= 0.6 is 23.1 Å². The van der Waals surface area contributed by atoms with Gasteiger partial charge in [-0.05, 0) is 57.1 Å². The van der Waals surface area contributed by atoms with Gasteiger partial charge in [0, 0.05) is 11.4 Å². The van der Waals surface area contributed by atoms with E-state index in [0.29, 0.717) is 10.4 Å². The molecule has 3 aromatic rings. The lowest BCUT2D eigenvalue weighted by atomic mass is 10.1. The third-order valence-corrected chi connectivity index (χ3v) is 7.09. The van der Waals surface area contributed by atoms with Crippen molar-refractivity contribution in [2.24, 2.45) is 0 Å². The summed E-state index contributed by atoms with van der Waals surface area (Å²) in [5.74, 6) is 0.0184. The Labute approximate surface area is 167 Å². The fourth-order valence-corrected chi connectivity index (χ4v) is 5.21. The van der Waals surface area contributed by atoms with Crippen LogP contribution in [0.5, 0.6) is 0 Å². The Balaban J connectivity index is 1.30. The average Bonchev–Trinajstić information content (AvgIpc) is 3.11. The van der Waals surface area contributed by atoms with Gasteiger partial charge in [0.05, 0.1) is 21.3 Å². The van der Waals surface area contributed by atoms with E-state index in [4.69, 9.17) is 0 Å². The van der Waals surface area contributed by atoms with Crippen molar-refractivity contribution in [3.05, 3.63) is 48.7 Å². The number of fused-ring (bicyclic) bond motifs is 1. The maximum atomic E-state index is 12.7. The normalized spacial score (nSPS) is 17.1. The molecule has 5 nitrogen and oxygen atoms in total. The number of thiazole rings is 1. The summed E-state index contributed by atoms with van der Waals surface area (Å²) in [4.78, 5) is 23.8. The Bertz CT molecular complexity index is 874. The van der Waals surface area contributed by atoms with Crippen LogP contribution in [0.25, 0.3) is 10.2 Å². The van der Waals surface area contributed by atoms with Crippen molar-refractivity contribution in [1.29, 1.82) is 0 Å². The molecule has 1 atom stereocenters. The highest BCUT2D eigenvalue weighted by atomic mass is 32.2. The van der Waals surface area contributed by atoms with Gasteiger partial charge in [-0.25, -0.2) is 9.97 Å². The molecule has 1 aromatic carbocycles. The van der Waals surface area contributed by atoms with E-state index >= 15 is 0 Å². The van der Waals surface area contributed by atoms with Crippen LogP contribution < -0.4 is 5.32 Å². The van der Waals surface area contributed by atoms with E-state index in [1.807, 2.05) is 61.3 Å². The second-order valence-electron chi connectivity index (χ2n) is 6.67. The van der Waals surface area contributed by atoms with E-state index < -0.39 is 0 Å². The first-order valence-corrected chi connectivity index (χ1v) is 10.9. The molecule has 0 spiro atoms. The second-order valence-corrected chi connectivity index (χ2v) is 9.02. The smallest absolute Gasteiger partial charge is 0.243 e. The highest BCUT2D eigenvalue weighted by Gasteiger charge is 2.27. The maximum Gasteiger partial charge on any atom is 0.243 e. The molecule has 1 unspecified atom stereocenters. The van der Waals surface area contributed by atoms with Crippen molar-refractivity contribution >= 4 is 44.4 Å². The number of nitrogens with one attached hydrogen (secondary N) is 1. The zero-order valence-corrected chi connectivity index (χ0v) is 16.8. The number of pyridine rings is 1. The summed E-state index contributed by atoms with van der Waals surface area (Å²) in [6.07, 6.45) is 3.98. The van der Waals surface area contributed by atoms with E-state index in [1.165, 1.54) is 11.3 Å². The molecule has 7 heteroatoms. The monoisotopic (exact) mass is 398 g/mol. The van der Waals surface area contributed by atoms with Crippen LogP contribution in [0.2, 0.25) is 0 Å². The number of amides is 1. The van der Waals surface area contributed by atoms with Gasteiger partial charge in [-0.2, -0.15) is 0 Å². The predicted octanol–water partition coefficient (Wildman–Crippen LogP) is 4.28. The minimum atomic E-state index is -0.155. The summed E-state index contributed by atoms with van der Waals surface area (Å²) in [6.45, 7) is 3.84. The molecule has 1 N–H and O–H groups in total. The first kappa shape index (κ1) is 18.4. The minimum absolute atomic E-state index is 0.0184. The van der Waals surface area contributed by atoms with Gasteiger partial charge in [0.25, 0.3) is 0 Å². The molecule has 1 fully saturated rings. The molecule has 3 heterocycles. The number of carbonyl (C=O) groups is 1. The van der Waals surface area contributed by atoms with Gasteiger partial charge in [0.2, 0.25) is 5.91 Å². The first-order valence-electron chi connectivity index (χ1n) is 9.17. The number of benzene rings is 1. The van der Waals surface area contributed by atoms with Gasteiger partial charge in [-0.15, -0.1) is 11.8 Å². The molecule has 4 rings (SSSR count). The third-order valence-electron chi connectivity index (χ3n) is 4.85. The molecule has 1 aliphatic heterocycles. The fraction of sp³-hybridized carbons (Fsp3) is 0.350. The van der Waals surface area contributed by atoms with Crippen molar-refractivity contribution in [1.82, 2.24) is 14.9 Å². The molecular formula is C20H22N4OS2. The number of hydrogen-bond donors (Lipinski definition) is 1. The molecule has 2 aromatic heterocycles. The Morgan fingerprint density at radius 3 is 2.74 bits per heavy atom. The lowest BCUT2D eigenvalue weighted by molar-refractivity contribution is -0.121. The summed E-state index contributed by atoms with van der Waals surface area (Å²) in [7, 11) is 0. The topological polar surface area (TPSA) is 58.1 Å². The summed E-state index contributed by atoms with van der Waals surface area (Å²) >= 11 is 3.36. The summed E-state index contributed by atoms with van der Waals surface area (Å²) < 4.78 is 1.09. The Morgan fingerprint density at radius 2 is 2.00 bits per heavy atom. The van der Waals surface area contributed by atoms with Crippen molar-refractivity contribution in [3.8, 4) is 0 Å². The standard InChI is InChI=1S/C20H22N4OS2/c1-14(19(25)23-20-22-16-6-2-3-7-17(16)27-20)24-12-9-15(10-13-24)26-18-8-4-5-11-21-18/h2-8,11,14-15H,9-10,12-13H2,1H3,(H,22,23,25). The van der Waals surface area contributed by atoms with Crippen molar-refractivity contribution in [2.75, 3.05) is 18.4 Å². The van der Waals surface area contributed by atoms with Gasteiger partial charge in [-0.3, -0.25) is 9.69 Å². The van der Waals surface area contributed by atoms with Crippen molar-refractivity contribution in [3.63, 3.8) is 0 Å². The number of para-hydroxylation sites is 1. The Morgan fingerprint density at radius 1 is 1.22 bits per heavy atom. The number of rotatable bonds is 5. The van der Waals surface area contributed by atoms with Crippen LogP contribution in [-0.4, -0.2) is 45.2 Å². The molecule has 0 radical (unpaired) electrons. The highest BCUT2D eigenvalue weighted by molar-refractivity contribution is 7.99. The quantitative estimate of drug-likeness (QED) is 0.695. The molecule has 1 amide bonds. The van der Waals surface area contributed by atoms with Gasteiger partial charge in [0.15, 0.2) is 5.13 Å². The van der Waals surface area contributed by atoms with E-state index in [1.54, 1.807) is 0 Å². The van der Waals surface area contributed by atoms with Crippen LogP contribution in [0.1, 0.15) is 19.8 Å². The summed E-state index contributed by atoms with van der Waals surface area (Å²) in [6, 6.07) is 13.8.